The number of rotatable bonds is 6. The molecule has 2 heterocycles. The highest BCUT2D eigenvalue weighted by Gasteiger charge is 2.23. The Bertz CT molecular complexity index is 847. The summed E-state index contributed by atoms with van der Waals surface area (Å²) in [6, 6.07) is 17.7. The van der Waals surface area contributed by atoms with Crippen LogP contribution in [0.5, 0.6) is 11.5 Å². The van der Waals surface area contributed by atoms with Crippen molar-refractivity contribution in [2.24, 2.45) is 0 Å². The predicted molar refractivity (Wildman–Crippen MR) is 99.2 cm³/mol. The Kier molecular flexibility index (Phi) is 4.88. The normalized spacial score (nSPS) is 16.0. The van der Waals surface area contributed by atoms with Crippen molar-refractivity contribution in [1.29, 1.82) is 0 Å². The first-order valence-electron chi connectivity index (χ1n) is 8.92. The van der Waals surface area contributed by atoms with Crippen molar-refractivity contribution in [2.75, 3.05) is 19.7 Å². The van der Waals surface area contributed by atoms with Gasteiger partial charge in [0, 0.05) is 18.7 Å². The molecule has 0 radical (unpaired) electrons. The van der Waals surface area contributed by atoms with Gasteiger partial charge in [-0.05, 0) is 30.8 Å². The van der Waals surface area contributed by atoms with Crippen LogP contribution in [0.2, 0.25) is 0 Å². The Hall–Kier alpha value is -2.79. The van der Waals surface area contributed by atoms with Gasteiger partial charge in [-0.15, -0.1) is 0 Å². The van der Waals surface area contributed by atoms with E-state index in [0.29, 0.717) is 19.0 Å². The molecule has 5 heteroatoms. The van der Waals surface area contributed by atoms with Gasteiger partial charge in [0.1, 0.15) is 19.0 Å². The molecule has 1 unspecified atom stereocenters. The van der Waals surface area contributed by atoms with Crippen molar-refractivity contribution in [3.63, 3.8) is 0 Å². The van der Waals surface area contributed by atoms with Crippen molar-refractivity contribution in [2.45, 2.75) is 19.6 Å². The van der Waals surface area contributed by atoms with Crippen LogP contribution in [0.3, 0.4) is 0 Å². The zero-order chi connectivity index (χ0) is 17.8. The molecule has 1 aromatic heterocycles. The number of aromatic nitrogens is 1. The molecule has 5 nitrogen and oxygen atoms in total. The van der Waals surface area contributed by atoms with Crippen molar-refractivity contribution in [3.05, 3.63) is 66.6 Å². The highest BCUT2D eigenvalue weighted by Crippen LogP contribution is 2.31. The number of fused-ring (bicyclic) bond motifs is 1. The van der Waals surface area contributed by atoms with Crippen LogP contribution in [0.25, 0.3) is 11.5 Å². The van der Waals surface area contributed by atoms with E-state index in [1.807, 2.05) is 54.6 Å². The number of ether oxygens (including phenoxy) is 2. The molecule has 2 aromatic carbocycles. The number of hydrogen-bond donors (Lipinski definition) is 0. The molecular weight excluding hydrogens is 328 g/mol. The van der Waals surface area contributed by atoms with Crippen LogP contribution < -0.4 is 9.47 Å². The van der Waals surface area contributed by atoms with E-state index in [2.05, 4.69) is 16.8 Å². The Morgan fingerprint density at radius 2 is 1.81 bits per heavy atom. The molecule has 0 saturated heterocycles. The van der Waals surface area contributed by atoms with E-state index >= 15 is 0 Å². The minimum absolute atomic E-state index is 0.00495. The summed E-state index contributed by atoms with van der Waals surface area (Å²) in [5.74, 6) is 2.28. The van der Waals surface area contributed by atoms with Gasteiger partial charge < -0.3 is 13.9 Å². The second-order valence-corrected chi connectivity index (χ2v) is 6.34. The zero-order valence-corrected chi connectivity index (χ0v) is 14.8. The van der Waals surface area contributed by atoms with Crippen LogP contribution in [0.1, 0.15) is 12.6 Å². The molecule has 0 saturated carbocycles. The van der Waals surface area contributed by atoms with E-state index in [1.165, 1.54) is 0 Å². The van der Waals surface area contributed by atoms with Crippen LogP contribution in [-0.4, -0.2) is 35.7 Å². The van der Waals surface area contributed by atoms with Gasteiger partial charge in [-0.2, -0.15) is 0 Å². The topological polar surface area (TPSA) is 47.7 Å². The lowest BCUT2D eigenvalue weighted by molar-refractivity contribution is 0.0577. The summed E-state index contributed by atoms with van der Waals surface area (Å²) in [5.41, 5.74) is 1.91. The quantitative estimate of drug-likeness (QED) is 0.672. The van der Waals surface area contributed by atoms with Crippen LogP contribution in [0.15, 0.2) is 65.3 Å². The van der Waals surface area contributed by atoms with Gasteiger partial charge in [-0.25, -0.2) is 4.98 Å². The minimum Gasteiger partial charge on any atom is -0.486 e. The van der Waals surface area contributed by atoms with Crippen LogP contribution in [0, 0.1) is 0 Å². The molecule has 1 aliphatic rings. The molecule has 0 bridgehead atoms. The van der Waals surface area contributed by atoms with E-state index in [4.69, 9.17) is 13.9 Å². The van der Waals surface area contributed by atoms with E-state index in [0.717, 1.165) is 35.8 Å². The standard InChI is InChI=1S/C21H22N2O3/c1-2-23(13-18-15-24-19-10-6-7-11-20(19)26-18)12-17-14-25-21(22-17)16-8-4-3-5-9-16/h3-11,14,18H,2,12-13,15H2,1H3. The fourth-order valence-corrected chi connectivity index (χ4v) is 3.07. The van der Waals surface area contributed by atoms with Crippen molar-refractivity contribution in [3.8, 4) is 23.0 Å². The van der Waals surface area contributed by atoms with Gasteiger partial charge in [0.2, 0.25) is 5.89 Å². The first-order valence-corrected chi connectivity index (χ1v) is 8.92. The molecule has 0 N–H and O–H groups in total. The third-order valence-corrected chi connectivity index (χ3v) is 4.43. The molecule has 4 rings (SSSR count). The number of likely N-dealkylation sites (N-methyl/N-ethyl adjacent to an activating group) is 1. The lowest BCUT2D eigenvalue weighted by Gasteiger charge is -2.30. The van der Waals surface area contributed by atoms with Gasteiger partial charge >= 0.3 is 0 Å². The highest BCUT2D eigenvalue weighted by molar-refractivity contribution is 5.52. The Morgan fingerprint density at radius 3 is 2.62 bits per heavy atom. The lowest BCUT2D eigenvalue weighted by atomic mass is 10.2. The van der Waals surface area contributed by atoms with E-state index in [9.17, 15) is 0 Å². The molecule has 26 heavy (non-hydrogen) atoms. The maximum absolute atomic E-state index is 6.07. The SMILES string of the molecule is CCN(Cc1coc(-c2ccccc2)n1)CC1COc2ccccc2O1. The smallest absolute Gasteiger partial charge is 0.226 e. The van der Waals surface area contributed by atoms with Gasteiger partial charge in [-0.1, -0.05) is 37.3 Å². The first-order chi connectivity index (χ1) is 12.8. The number of benzene rings is 2. The molecule has 0 fully saturated rings. The summed E-state index contributed by atoms with van der Waals surface area (Å²) in [7, 11) is 0. The Balaban J connectivity index is 1.39. The molecule has 0 aliphatic carbocycles. The number of hydrogen-bond acceptors (Lipinski definition) is 5. The lowest BCUT2D eigenvalue weighted by Crippen LogP contribution is -2.40. The Morgan fingerprint density at radius 1 is 1.04 bits per heavy atom. The van der Waals surface area contributed by atoms with Gasteiger partial charge in [0.05, 0.1) is 5.69 Å². The maximum atomic E-state index is 6.07. The minimum atomic E-state index is 0.00495. The highest BCUT2D eigenvalue weighted by atomic mass is 16.6. The summed E-state index contributed by atoms with van der Waals surface area (Å²) in [4.78, 5) is 6.90. The van der Waals surface area contributed by atoms with Crippen molar-refractivity contribution in [1.82, 2.24) is 9.88 Å². The molecule has 0 spiro atoms. The fourth-order valence-electron chi connectivity index (χ4n) is 3.07. The summed E-state index contributed by atoms with van der Waals surface area (Å²) >= 11 is 0. The third-order valence-electron chi connectivity index (χ3n) is 4.43. The van der Waals surface area contributed by atoms with Crippen LogP contribution >= 0.6 is 0 Å². The van der Waals surface area contributed by atoms with Gasteiger partial charge in [0.25, 0.3) is 0 Å². The van der Waals surface area contributed by atoms with E-state index < -0.39 is 0 Å². The maximum Gasteiger partial charge on any atom is 0.226 e. The fraction of sp³-hybridized carbons (Fsp3) is 0.286. The second-order valence-electron chi connectivity index (χ2n) is 6.34. The molecule has 134 valence electrons. The largest absolute Gasteiger partial charge is 0.486 e. The second kappa shape index (κ2) is 7.62. The van der Waals surface area contributed by atoms with Crippen molar-refractivity contribution >= 4 is 0 Å². The number of nitrogens with zero attached hydrogens (tertiary/aromatic N) is 2. The van der Waals surface area contributed by atoms with E-state index in [1.54, 1.807) is 6.26 Å². The van der Waals surface area contributed by atoms with E-state index in [-0.39, 0.29) is 6.10 Å². The number of oxazole rings is 1. The monoisotopic (exact) mass is 350 g/mol. The molecule has 1 atom stereocenters. The summed E-state index contributed by atoms with van der Waals surface area (Å²) in [5, 5.41) is 0. The molecule has 0 amide bonds. The Labute approximate surface area is 153 Å². The summed E-state index contributed by atoms with van der Waals surface area (Å²) in [6.45, 7) is 5.08. The first kappa shape index (κ1) is 16.7. The number of para-hydroxylation sites is 2. The van der Waals surface area contributed by atoms with Crippen LogP contribution in [0.4, 0.5) is 0 Å². The summed E-state index contributed by atoms with van der Waals surface area (Å²) < 4.78 is 17.5. The average molecular weight is 350 g/mol. The average Bonchev–Trinajstić information content (AvgIpc) is 3.16. The predicted octanol–water partition coefficient (Wildman–Crippen LogP) is 4.00. The third kappa shape index (κ3) is 3.73. The molecule has 1 aliphatic heterocycles. The van der Waals surface area contributed by atoms with Crippen molar-refractivity contribution < 1.29 is 13.9 Å². The van der Waals surface area contributed by atoms with Gasteiger partial charge in [0.15, 0.2) is 11.5 Å². The summed E-state index contributed by atoms with van der Waals surface area (Å²) in [6.07, 6.45) is 1.74. The molecular formula is C21H22N2O3. The zero-order valence-electron chi connectivity index (χ0n) is 14.8. The molecule has 3 aromatic rings. The van der Waals surface area contributed by atoms with Crippen LogP contribution in [-0.2, 0) is 6.54 Å². The van der Waals surface area contributed by atoms with Gasteiger partial charge in [-0.3, -0.25) is 4.90 Å².